The molecule has 0 unspecified atom stereocenters. The SMILES string of the molecule is COc1cc(-c2nc(C(=O)O)cc3c4ccccc4n(CCc4ccccc4)c23)cc(OC)c1OC. The molecule has 5 rings (SSSR count). The average Bonchev–Trinajstić information content (AvgIpc) is 3.24. The number of ether oxygens (including phenoxy) is 3. The topological polar surface area (TPSA) is 82.8 Å². The van der Waals surface area contributed by atoms with Crippen molar-refractivity contribution >= 4 is 27.8 Å². The highest BCUT2D eigenvalue weighted by atomic mass is 16.5. The second kappa shape index (κ2) is 9.62. The van der Waals surface area contributed by atoms with Crippen LogP contribution in [0, 0.1) is 0 Å². The molecule has 2 heterocycles. The highest BCUT2D eigenvalue weighted by molar-refractivity contribution is 6.13. The van der Waals surface area contributed by atoms with Crippen molar-refractivity contribution in [3.63, 3.8) is 0 Å². The first-order valence-corrected chi connectivity index (χ1v) is 11.5. The Morgan fingerprint density at radius 1 is 0.861 bits per heavy atom. The molecule has 2 aromatic heterocycles. The third-order valence-corrected chi connectivity index (χ3v) is 6.37. The van der Waals surface area contributed by atoms with E-state index in [2.05, 4.69) is 27.8 Å². The van der Waals surface area contributed by atoms with Crippen LogP contribution in [0.5, 0.6) is 17.2 Å². The molecule has 7 heteroatoms. The van der Waals surface area contributed by atoms with Gasteiger partial charge in [-0.2, -0.15) is 0 Å². The Morgan fingerprint density at radius 2 is 1.53 bits per heavy atom. The van der Waals surface area contributed by atoms with E-state index in [1.807, 2.05) is 36.4 Å². The van der Waals surface area contributed by atoms with Gasteiger partial charge in [-0.15, -0.1) is 0 Å². The summed E-state index contributed by atoms with van der Waals surface area (Å²) in [6.45, 7) is 0.694. The molecule has 0 radical (unpaired) electrons. The van der Waals surface area contributed by atoms with Crippen molar-refractivity contribution < 1.29 is 24.1 Å². The van der Waals surface area contributed by atoms with E-state index in [9.17, 15) is 9.90 Å². The van der Waals surface area contributed by atoms with E-state index in [1.165, 1.54) is 5.56 Å². The van der Waals surface area contributed by atoms with Crippen LogP contribution in [0.25, 0.3) is 33.1 Å². The lowest BCUT2D eigenvalue weighted by Gasteiger charge is -2.16. The molecule has 0 aliphatic carbocycles. The second-order valence-corrected chi connectivity index (χ2v) is 8.38. The maximum Gasteiger partial charge on any atom is 0.354 e. The lowest BCUT2D eigenvalue weighted by molar-refractivity contribution is 0.0691. The maximum absolute atomic E-state index is 12.1. The molecule has 0 amide bonds. The van der Waals surface area contributed by atoms with Gasteiger partial charge < -0.3 is 23.9 Å². The summed E-state index contributed by atoms with van der Waals surface area (Å²) in [6, 6.07) is 23.6. The first kappa shape index (κ1) is 23.2. The Hall–Kier alpha value is -4.52. The van der Waals surface area contributed by atoms with Crippen LogP contribution in [-0.2, 0) is 13.0 Å². The smallest absolute Gasteiger partial charge is 0.354 e. The molecule has 0 bridgehead atoms. The fourth-order valence-corrected chi connectivity index (χ4v) is 4.72. The summed E-state index contributed by atoms with van der Waals surface area (Å²) in [4.78, 5) is 16.7. The van der Waals surface area contributed by atoms with E-state index >= 15 is 0 Å². The van der Waals surface area contributed by atoms with E-state index in [4.69, 9.17) is 14.2 Å². The van der Waals surface area contributed by atoms with E-state index in [1.54, 1.807) is 39.5 Å². The minimum absolute atomic E-state index is 0.0304. The molecule has 5 aromatic rings. The minimum atomic E-state index is -1.09. The van der Waals surface area contributed by atoms with Crippen molar-refractivity contribution in [3.8, 4) is 28.5 Å². The number of para-hydroxylation sites is 1. The van der Waals surface area contributed by atoms with Gasteiger partial charge in [0.05, 0.1) is 32.5 Å². The first-order valence-electron chi connectivity index (χ1n) is 11.5. The highest BCUT2D eigenvalue weighted by Gasteiger charge is 2.22. The van der Waals surface area contributed by atoms with Crippen LogP contribution in [0.1, 0.15) is 16.1 Å². The Balaban J connectivity index is 1.82. The van der Waals surface area contributed by atoms with Gasteiger partial charge in [-0.25, -0.2) is 9.78 Å². The van der Waals surface area contributed by atoms with Gasteiger partial charge in [-0.3, -0.25) is 0 Å². The molecule has 36 heavy (non-hydrogen) atoms. The summed E-state index contributed by atoms with van der Waals surface area (Å²) in [6.07, 6.45) is 0.810. The molecule has 1 N–H and O–H groups in total. The average molecular weight is 483 g/mol. The summed E-state index contributed by atoms with van der Waals surface area (Å²) in [5.74, 6) is 0.301. The highest BCUT2D eigenvalue weighted by Crippen LogP contribution is 2.43. The van der Waals surface area contributed by atoms with Crippen molar-refractivity contribution in [3.05, 3.63) is 84.1 Å². The number of nitrogens with zero attached hydrogens (tertiary/aromatic N) is 2. The van der Waals surface area contributed by atoms with Crippen LogP contribution in [0.15, 0.2) is 72.8 Å². The van der Waals surface area contributed by atoms with Gasteiger partial charge >= 0.3 is 5.97 Å². The largest absolute Gasteiger partial charge is 0.493 e. The van der Waals surface area contributed by atoms with Gasteiger partial charge in [0.15, 0.2) is 11.5 Å². The lowest BCUT2D eigenvalue weighted by Crippen LogP contribution is -2.06. The number of pyridine rings is 1. The molecule has 0 saturated heterocycles. The molecule has 0 saturated carbocycles. The number of hydrogen-bond donors (Lipinski definition) is 1. The van der Waals surface area contributed by atoms with E-state index in [0.29, 0.717) is 35.1 Å². The van der Waals surface area contributed by atoms with Crippen molar-refractivity contribution in [1.82, 2.24) is 9.55 Å². The quantitative estimate of drug-likeness (QED) is 0.300. The molecular formula is C29H26N2O5. The number of carboxylic acids is 1. The summed E-state index contributed by atoms with van der Waals surface area (Å²) in [7, 11) is 4.65. The van der Waals surface area contributed by atoms with Crippen LogP contribution in [0.4, 0.5) is 0 Å². The predicted molar refractivity (Wildman–Crippen MR) is 139 cm³/mol. The van der Waals surface area contributed by atoms with Gasteiger partial charge in [0.25, 0.3) is 0 Å². The molecule has 0 spiro atoms. The summed E-state index contributed by atoms with van der Waals surface area (Å²) < 4.78 is 18.8. The summed E-state index contributed by atoms with van der Waals surface area (Å²) >= 11 is 0. The van der Waals surface area contributed by atoms with Crippen LogP contribution < -0.4 is 14.2 Å². The van der Waals surface area contributed by atoms with E-state index in [0.717, 1.165) is 28.2 Å². The zero-order valence-corrected chi connectivity index (χ0v) is 20.3. The number of benzene rings is 3. The van der Waals surface area contributed by atoms with E-state index in [-0.39, 0.29) is 5.69 Å². The Kier molecular flexibility index (Phi) is 6.21. The first-order chi connectivity index (χ1) is 17.5. The molecule has 182 valence electrons. The third-order valence-electron chi connectivity index (χ3n) is 6.37. The summed E-state index contributed by atoms with van der Waals surface area (Å²) in [5.41, 5.74) is 4.26. The van der Waals surface area contributed by atoms with E-state index < -0.39 is 5.97 Å². The van der Waals surface area contributed by atoms with Gasteiger partial charge in [-0.05, 0) is 36.2 Å². The lowest BCUT2D eigenvalue weighted by atomic mass is 10.0. The number of carbonyl (C=O) groups is 1. The van der Waals surface area contributed by atoms with Gasteiger partial charge in [-0.1, -0.05) is 48.5 Å². The van der Waals surface area contributed by atoms with Gasteiger partial charge in [0.1, 0.15) is 5.69 Å². The second-order valence-electron chi connectivity index (χ2n) is 8.38. The number of fused-ring (bicyclic) bond motifs is 3. The predicted octanol–water partition coefficient (Wildman–Crippen LogP) is 5.82. The van der Waals surface area contributed by atoms with Crippen LogP contribution in [0.3, 0.4) is 0 Å². The van der Waals surface area contributed by atoms with Crippen LogP contribution in [0.2, 0.25) is 0 Å². The standard InChI is InChI=1S/C29H26N2O5/c1-34-24-15-19(16-25(35-2)28(24)36-3)26-27-21(17-22(30-26)29(32)33)20-11-7-8-12-23(20)31(27)14-13-18-9-5-4-6-10-18/h4-12,15-17H,13-14H2,1-3H3,(H,32,33). The van der Waals surface area contributed by atoms with Crippen molar-refractivity contribution in [1.29, 1.82) is 0 Å². The third kappa shape index (κ3) is 3.98. The molecule has 0 aliphatic heterocycles. The minimum Gasteiger partial charge on any atom is -0.493 e. The number of hydrogen-bond acceptors (Lipinski definition) is 5. The van der Waals surface area contributed by atoms with Crippen molar-refractivity contribution in [2.45, 2.75) is 13.0 Å². The Bertz CT molecular complexity index is 1550. The number of carboxylic acid groups (broad SMARTS) is 1. The van der Waals surface area contributed by atoms with Crippen LogP contribution in [-0.4, -0.2) is 42.0 Å². The van der Waals surface area contributed by atoms with Crippen LogP contribution >= 0.6 is 0 Å². The monoisotopic (exact) mass is 482 g/mol. The molecule has 3 aromatic carbocycles. The summed E-state index contributed by atoms with van der Waals surface area (Å²) in [5, 5.41) is 11.7. The molecule has 7 nitrogen and oxygen atoms in total. The fourth-order valence-electron chi connectivity index (χ4n) is 4.72. The number of aromatic nitrogens is 2. The molecule has 0 aliphatic rings. The zero-order valence-electron chi connectivity index (χ0n) is 20.3. The number of aromatic carboxylic acids is 1. The Morgan fingerprint density at radius 3 is 2.17 bits per heavy atom. The molecular weight excluding hydrogens is 456 g/mol. The van der Waals surface area contributed by atoms with Gasteiger partial charge in [0.2, 0.25) is 5.75 Å². The number of rotatable bonds is 8. The fraction of sp³-hybridized carbons (Fsp3) is 0.172. The van der Waals surface area contributed by atoms with Gasteiger partial charge in [0, 0.05) is 28.4 Å². The maximum atomic E-state index is 12.1. The normalized spacial score (nSPS) is 11.1. The molecule has 0 fully saturated rings. The molecule has 0 atom stereocenters. The number of aryl methyl sites for hydroxylation is 2. The Labute approximate surface area is 208 Å². The number of methoxy groups -OCH3 is 3. The van der Waals surface area contributed by atoms with Crippen molar-refractivity contribution in [2.24, 2.45) is 0 Å². The zero-order chi connectivity index (χ0) is 25.2. The van der Waals surface area contributed by atoms with Crippen molar-refractivity contribution in [2.75, 3.05) is 21.3 Å².